The zero-order valence-electron chi connectivity index (χ0n) is 12.2. The van der Waals surface area contributed by atoms with Gasteiger partial charge in [-0.25, -0.2) is 0 Å². The molecule has 0 aliphatic rings. The van der Waals surface area contributed by atoms with Gasteiger partial charge in [0.15, 0.2) is 0 Å². The first kappa shape index (κ1) is 14.5. The van der Waals surface area contributed by atoms with Crippen LogP contribution in [-0.2, 0) is 0 Å². The van der Waals surface area contributed by atoms with E-state index in [2.05, 4.69) is 27.1 Å². The van der Waals surface area contributed by atoms with Gasteiger partial charge in [-0.15, -0.1) is 0 Å². The van der Waals surface area contributed by atoms with Crippen molar-refractivity contribution >= 4 is 11.6 Å². The predicted octanol–water partition coefficient (Wildman–Crippen LogP) is 3.13. The van der Waals surface area contributed by atoms with Gasteiger partial charge in [0.1, 0.15) is 0 Å². The Morgan fingerprint density at radius 2 is 1.26 bits per heavy atom. The van der Waals surface area contributed by atoms with Gasteiger partial charge < -0.3 is 5.32 Å². The fraction of sp³-hybridized carbons (Fsp3) is 0. The monoisotopic (exact) mass is 299 g/mol. The van der Waals surface area contributed by atoms with Gasteiger partial charge in [0, 0.05) is 47.2 Å². The molecular formula is C19H13N3O. The van der Waals surface area contributed by atoms with Gasteiger partial charge in [0.05, 0.1) is 0 Å². The Hall–Kier alpha value is -3.45. The number of amides is 1. The molecule has 2 heterocycles. The summed E-state index contributed by atoms with van der Waals surface area (Å²) in [5, 5.41) is 2.84. The number of pyridine rings is 2. The number of hydrogen-bond donors (Lipinski definition) is 1. The molecule has 0 radical (unpaired) electrons. The van der Waals surface area contributed by atoms with E-state index in [1.165, 1.54) is 0 Å². The largest absolute Gasteiger partial charge is 0.322 e. The number of aromatic nitrogens is 2. The Kier molecular flexibility index (Phi) is 4.41. The fourth-order valence-electron chi connectivity index (χ4n) is 1.92. The van der Waals surface area contributed by atoms with Crippen molar-refractivity contribution in [3.05, 3.63) is 90.0 Å². The molecule has 1 aromatic carbocycles. The van der Waals surface area contributed by atoms with Crippen molar-refractivity contribution in [2.24, 2.45) is 0 Å². The van der Waals surface area contributed by atoms with Crippen LogP contribution in [0, 0.1) is 11.8 Å². The first-order valence-electron chi connectivity index (χ1n) is 7.05. The van der Waals surface area contributed by atoms with Gasteiger partial charge in [0.25, 0.3) is 5.91 Å². The van der Waals surface area contributed by atoms with Crippen molar-refractivity contribution < 1.29 is 4.79 Å². The summed E-state index contributed by atoms with van der Waals surface area (Å²) < 4.78 is 0. The maximum Gasteiger partial charge on any atom is 0.255 e. The molecule has 0 saturated carbocycles. The number of carbonyl (C=O) groups is 1. The Labute approximate surface area is 134 Å². The molecule has 0 fully saturated rings. The van der Waals surface area contributed by atoms with Crippen LogP contribution in [0.3, 0.4) is 0 Å². The molecule has 0 saturated heterocycles. The van der Waals surface area contributed by atoms with Crippen LogP contribution in [0.15, 0.2) is 73.3 Å². The smallest absolute Gasteiger partial charge is 0.255 e. The first-order valence-corrected chi connectivity index (χ1v) is 7.05. The molecule has 0 unspecified atom stereocenters. The summed E-state index contributed by atoms with van der Waals surface area (Å²) in [6.07, 6.45) is 6.60. The maximum atomic E-state index is 12.0. The number of nitrogens with zero attached hydrogens (tertiary/aromatic N) is 2. The van der Waals surface area contributed by atoms with Crippen LogP contribution in [0.2, 0.25) is 0 Å². The zero-order chi connectivity index (χ0) is 15.9. The number of nitrogens with one attached hydrogen (secondary N) is 1. The summed E-state index contributed by atoms with van der Waals surface area (Å²) in [7, 11) is 0. The van der Waals surface area contributed by atoms with E-state index in [9.17, 15) is 4.79 Å². The van der Waals surface area contributed by atoms with Crippen LogP contribution in [0.5, 0.6) is 0 Å². The normalized spacial score (nSPS) is 9.57. The highest BCUT2D eigenvalue weighted by Gasteiger charge is 2.04. The van der Waals surface area contributed by atoms with E-state index in [-0.39, 0.29) is 5.91 Å². The molecule has 0 atom stereocenters. The average Bonchev–Trinajstić information content (AvgIpc) is 2.63. The van der Waals surface area contributed by atoms with Gasteiger partial charge in [-0.05, 0) is 48.5 Å². The van der Waals surface area contributed by atoms with Crippen molar-refractivity contribution in [2.75, 3.05) is 5.32 Å². The molecule has 0 bridgehead atoms. The quantitative estimate of drug-likeness (QED) is 0.740. The van der Waals surface area contributed by atoms with Gasteiger partial charge in [-0.2, -0.15) is 0 Å². The molecule has 110 valence electrons. The van der Waals surface area contributed by atoms with Crippen molar-refractivity contribution in [2.45, 2.75) is 0 Å². The van der Waals surface area contributed by atoms with Crippen LogP contribution >= 0.6 is 0 Å². The fourth-order valence-corrected chi connectivity index (χ4v) is 1.92. The third-order valence-electron chi connectivity index (χ3n) is 3.12. The predicted molar refractivity (Wildman–Crippen MR) is 88.8 cm³/mol. The van der Waals surface area contributed by atoms with E-state index < -0.39 is 0 Å². The highest BCUT2D eigenvalue weighted by atomic mass is 16.1. The topological polar surface area (TPSA) is 54.9 Å². The molecular weight excluding hydrogens is 286 g/mol. The Bertz CT molecular complexity index is 848. The van der Waals surface area contributed by atoms with Crippen LogP contribution in [-0.4, -0.2) is 15.9 Å². The van der Waals surface area contributed by atoms with E-state index in [1.807, 2.05) is 36.4 Å². The van der Waals surface area contributed by atoms with E-state index in [0.29, 0.717) is 5.56 Å². The summed E-state index contributed by atoms with van der Waals surface area (Å²) in [5.74, 6) is 5.97. The van der Waals surface area contributed by atoms with Gasteiger partial charge in [-0.1, -0.05) is 11.8 Å². The summed E-state index contributed by atoms with van der Waals surface area (Å²) in [4.78, 5) is 19.9. The molecule has 3 aromatic rings. The maximum absolute atomic E-state index is 12.0. The molecule has 23 heavy (non-hydrogen) atoms. The Balaban J connectivity index is 1.68. The van der Waals surface area contributed by atoms with E-state index >= 15 is 0 Å². The van der Waals surface area contributed by atoms with Gasteiger partial charge in [-0.3, -0.25) is 14.8 Å². The lowest BCUT2D eigenvalue weighted by Gasteiger charge is -2.04. The second-order valence-electron chi connectivity index (χ2n) is 4.75. The minimum atomic E-state index is -0.164. The van der Waals surface area contributed by atoms with Crippen molar-refractivity contribution in [1.29, 1.82) is 0 Å². The van der Waals surface area contributed by atoms with Gasteiger partial charge in [0.2, 0.25) is 0 Å². The summed E-state index contributed by atoms with van der Waals surface area (Å²) in [5.41, 5.74) is 3.08. The summed E-state index contributed by atoms with van der Waals surface area (Å²) in [6, 6.07) is 14.5. The third kappa shape index (κ3) is 4.02. The SMILES string of the molecule is O=C(Nc1ccc(C#Cc2ccncc2)cc1)c1ccncc1. The second-order valence-corrected chi connectivity index (χ2v) is 4.75. The highest BCUT2D eigenvalue weighted by Crippen LogP contribution is 2.11. The van der Waals surface area contributed by atoms with E-state index in [0.717, 1.165) is 16.8 Å². The molecule has 3 rings (SSSR count). The minimum Gasteiger partial charge on any atom is -0.322 e. The first-order chi connectivity index (χ1) is 11.3. The molecule has 1 amide bonds. The lowest BCUT2D eigenvalue weighted by atomic mass is 10.2. The van der Waals surface area contributed by atoms with Crippen molar-refractivity contribution in [3.8, 4) is 11.8 Å². The summed E-state index contributed by atoms with van der Waals surface area (Å²) in [6.45, 7) is 0. The van der Waals surface area contributed by atoms with E-state index in [4.69, 9.17) is 0 Å². The van der Waals surface area contributed by atoms with Gasteiger partial charge >= 0.3 is 0 Å². The number of benzene rings is 1. The molecule has 4 heteroatoms. The van der Waals surface area contributed by atoms with Crippen LogP contribution in [0.4, 0.5) is 5.69 Å². The molecule has 0 aliphatic heterocycles. The standard InChI is InChI=1S/C19H13N3O/c23-19(17-9-13-21-14-10-17)22-18-5-3-15(4-6-18)1-2-16-7-11-20-12-8-16/h3-14H,(H,22,23). The number of carbonyl (C=O) groups excluding carboxylic acids is 1. The second kappa shape index (κ2) is 7.01. The van der Waals surface area contributed by atoms with Crippen molar-refractivity contribution in [1.82, 2.24) is 9.97 Å². The molecule has 1 N–H and O–H groups in total. The van der Waals surface area contributed by atoms with Crippen molar-refractivity contribution in [3.63, 3.8) is 0 Å². The average molecular weight is 299 g/mol. The van der Waals surface area contributed by atoms with Crippen LogP contribution < -0.4 is 5.32 Å². The zero-order valence-corrected chi connectivity index (χ0v) is 12.2. The minimum absolute atomic E-state index is 0.164. The molecule has 0 aliphatic carbocycles. The molecule has 2 aromatic heterocycles. The number of hydrogen-bond acceptors (Lipinski definition) is 3. The highest BCUT2D eigenvalue weighted by molar-refractivity contribution is 6.04. The molecule has 0 spiro atoms. The number of anilines is 1. The van der Waals surface area contributed by atoms with Crippen LogP contribution in [0.25, 0.3) is 0 Å². The number of rotatable bonds is 2. The lowest BCUT2D eigenvalue weighted by molar-refractivity contribution is 0.102. The third-order valence-corrected chi connectivity index (χ3v) is 3.12. The summed E-state index contributed by atoms with van der Waals surface area (Å²) >= 11 is 0. The Morgan fingerprint density at radius 1 is 0.739 bits per heavy atom. The lowest BCUT2D eigenvalue weighted by Crippen LogP contribution is -2.11. The molecule has 4 nitrogen and oxygen atoms in total. The Morgan fingerprint density at radius 3 is 1.87 bits per heavy atom. The van der Waals surface area contributed by atoms with E-state index in [1.54, 1.807) is 36.9 Å². The van der Waals surface area contributed by atoms with Crippen LogP contribution in [0.1, 0.15) is 21.5 Å².